The number of imidazole rings is 2. The lowest BCUT2D eigenvalue weighted by Gasteiger charge is -2.06. The molecule has 0 saturated carbocycles. The largest absolute Gasteiger partial charge is 0.332 e. The second kappa shape index (κ2) is 5.47. The van der Waals surface area contributed by atoms with E-state index in [9.17, 15) is 9.59 Å². The molecule has 128 valence electrons. The summed E-state index contributed by atoms with van der Waals surface area (Å²) in [4.78, 5) is 29.7. The van der Waals surface area contributed by atoms with Gasteiger partial charge in [0.1, 0.15) is 0 Å². The smallest absolute Gasteiger partial charge is 0.310 e. The number of aromatic nitrogens is 5. The molecule has 7 nitrogen and oxygen atoms in total. The minimum atomic E-state index is -0.341. The van der Waals surface area contributed by atoms with Gasteiger partial charge in [0.05, 0.1) is 6.54 Å². The predicted molar refractivity (Wildman–Crippen MR) is 96.1 cm³/mol. The third-order valence-corrected chi connectivity index (χ3v) is 4.64. The fourth-order valence-electron chi connectivity index (χ4n) is 3.30. The van der Waals surface area contributed by atoms with Gasteiger partial charge in [-0.25, -0.2) is 4.79 Å². The molecule has 0 aliphatic rings. The van der Waals surface area contributed by atoms with Crippen LogP contribution in [0, 0.1) is 6.92 Å². The monoisotopic (exact) mass is 337 g/mol. The van der Waals surface area contributed by atoms with Gasteiger partial charge in [-0.3, -0.25) is 18.3 Å². The lowest BCUT2D eigenvalue weighted by atomic mass is 10.2. The molecule has 0 aliphatic heterocycles. The van der Waals surface area contributed by atoms with Crippen LogP contribution in [0.4, 0.5) is 0 Å². The molecule has 0 radical (unpaired) electrons. The summed E-state index contributed by atoms with van der Waals surface area (Å²) in [5.41, 5.74) is 2.36. The van der Waals surface area contributed by atoms with Crippen LogP contribution in [0.25, 0.3) is 16.9 Å². The Hall–Kier alpha value is -3.09. The van der Waals surface area contributed by atoms with E-state index in [4.69, 9.17) is 0 Å². The summed E-state index contributed by atoms with van der Waals surface area (Å²) in [6.07, 6.45) is 1.90. The van der Waals surface area contributed by atoms with Gasteiger partial charge < -0.3 is 4.57 Å². The molecule has 4 aromatic rings. The highest BCUT2D eigenvalue weighted by atomic mass is 16.2. The second-order valence-electron chi connectivity index (χ2n) is 6.19. The summed E-state index contributed by atoms with van der Waals surface area (Å²) < 4.78 is 6.52. The Morgan fingerprint density at radius 3 is 2.48 bits per heavy atom. The molecule has 1 aromatic carbocycles. The van der Waals surface area contributed by atoms with Crippen molar-refractivity contribution in [3.8, 4) is 0 Å². The lowest BCUT2D eigenvalue weighted by molar-refractivity contribution is 0.637. The average Bonchev–Trinajstić information content (AvgIpc) is 3.11. The SMILES string of the molecule is CCn1c(=O)c2c(nc3n(Cc4ccccc4)c(C)cn23)n(C)c1=O. The van der Waals surface area contributed by atoms with Crippen LogP contribution < -0.4 is 11.2 Å². The van der Waals surface area contributed by atoms with Crippen molar-refractivity contribution < 1.29 is 0 Å². The van der Waals surface area contributed by atoms with Crippen LogP contribution in [0.3, 0.4) is 0 Å². The van der Waals surface area contributed by atoms with Gasteiger partial charge in [0.2, 0.25) is 5.78 Å². The van der Waals surface area contributed by atoms with Gasteiger partial charge in [0.15, 0.2) is 11.2 Å². The third-order valence-electron chi connectivity index (χ3n) is 4.64. The number of aryl methyl sites for hydroxylation is 2. The highest BCUT2D eigenvalue weighted by Crippen LogP contribution is 2.17. The predicted octanol–water partition coefficient (Wildman–Crippen LogP) is 1.53. The molecule has 0 bridgehead atoms. The molecule has 0 fully saturated rings. The van der Waals surface area contributed by atoms with E-state index in [1.807, 2.05) is 31.3 Å². The number of nitrogens with zero attached hydrogens (tertiary/aromatic N) is 5. The Balaban J connectivity index is 2.05. The van der Waals surface area contributed by atoms with E-state index in [2.05, 4.69) is 21.7 Å². The zero-order valence-corrected chi connectivity index (χ0v) is 14.4. The van der Waals surface area contributed by atoms with Crippen molar-refractivity contribution in [2.45, 2.75) is 26.9 Å². The molecule has 0 spiro atoms. The van der Waals surface area contributed by atoms with Crippen molar-refractivity contribution in [1.29, 1.82) is 0 Å². The highest BCUT2D eigenvalue weighted by molar-refractivity contribution is 5.75. The maximum absolute atomic E-state index is 12.8. The fourth-order valence-corrected chi connectivity index (χ4v) is 3.30. The summed E-state index contributed by atoms with van der Waals surface area (Å²) in [6, 6.07) is 10.1. The van der Waals surface area contributed by atoms with E-state index >= 15 is 0 Å². The molecule has 25 heavy (non-hydrogen) atoms. The van der Waals surface area contributed by atoms with Crippen LogP contribution in [0.2, 0.25) is 0 Å². The molecule has 0 aliphatic carbocycles. The van der Waals surface area contributed by atoms with Crippen LogP contribution in [0.15, 0.2) is 46.1 Å². The summed E-state index contributed by atoms with van der Waals surface area (Å²) in [5, 5.41) is 0. The molecule has 0 atom stereocenters. The zero-order chi connectivity index (χ0) is 17.7. The maximum Gasteiger partial charge on any atom is 0.332 e. The molecule has 3 heterocycles. The first-order valence-corrected chi connectivity index (χ1v) is 8.24. The van der Waals surface area contributed by atoms with Crippen molar-refractivity contribution in [3.05, 3.63) is 68.6 Å². The van der Waals surface area contributed by atoms with Gasteiger partial charge in [0, 0.05) is 25.5 Å². The minimum Gasteiger partial charge on any atom is -0.310 e. The van der Waals surface area contributed by atoms with E-state index in [0.29, 0.717) is 30.0 Å². The molecule has 0 amide bonds. The van der Waals surface area contributed by atoms with Crippen molar-refractivity contribution >= 4 is 16.9 Å². The quantitative estimate of drug-likeness (QED) is 0.569. The Bertz CT molecular complexity index is 1210. The number of rotatable bonds is 3. The van der Waals surface area contributed by atoms with Crippen molar-refractivity contribution in [3.63, 3.8) is 0 Å². The second-order valence-corrected chi connectivity index (χ2v) is 6.19. The standard InChI is InChI=1S/C18H19N5O2/c1-4-21-16(24)14-15(20(3)18(21)25)19-17-22(12(2)10-23(14)17)11-13-8-6-5-7-9-13/h5-10H,4,11H2,1-3H3. The van der Waals surface area contributed by atoms with Gasteiger partial charge in [-0.1, -0.05) is 30.3 Å². The van der Waals surface area contributed by atoms with Crippen LogP contribution in [-0.2, 0) is 20.1 Å². The third kappa shape index (κ3) is 2.15. The molecular formula is C18H19N5O2. The molecule has 0 saturated heterocycles. The van der Waals surface area contributed by atoms with Crippen LogP contribution in [-0.4, -0.2) is 23.1 Å². The summed E-state index contributed by atoms with van der Waals surface area (Å²) in [7, 11) is 1.65. The summed E-state index contributed by atoms with van der Waals surface area (Å²) >= 11 is 0. The Morgan fingerprint density at radius 1 is 1.08 bits per heavy atom. The summed E-state index contributed by atoms with van der Waals surface area (Å²) in [6.45, 7) is 4.77. The minimum absolute atomic E-state index is 0.301. The number of fused-ring (bicyclic) bond motifs is 3. The molecule has 4 rings (SSSR count). The lowest BCUT2D eigenvalue weighted by Crippen LogP contribution is -2.38. The average molecular weight is 337 g/mol. The first kappa shape index (κ1) is 15.4. The highest BCUT2D eigenvalue weighted by Gasteiger charge is 2.19. The molecule has 0 N–H and O–H groups in total. The van der Waals surface area contributed by atoms with Crippen molar-refractivity contribution in [2.24, 2.45) is 7.05 Å². The van der Waals surface area contributed by atoms with E-state index < -0.39 is 0 Å². The Morgan fingerprint density at radius 2 is 1.80 bits per heavy atom. The van der Waals surface area contributed by atoms with Crippen molar-refractivity contribution in [2.75, 3.05) is 0 Å². The maximum atomic E-state index is 12.8. The molecular weight excluding hydrogens is 318 g/mol. The normalized spacial score (nSPS) is 11.6. The first-order chi connectivity index (χ1) is 12.0. The van der Waals surface area contributed by atoms with Gasteiger partial charge in [-0.15, -0.1) is 0 Å². The van der Waals surface area contributed by atoms with Crippen LogP contribution in [0.1, 0.15) is 18.2 Å². The zero-order valence-electron chi connectivity index (χ0n) is 14.4. The van der Waals surface area contributed by atoms with E-state index in [1.165, 1.54) is 9.13 Å². The topological polar surface area (TPSA) is 66.2 Å². The number of hydrogen-bond acceptors (Lipinski definition) is 3. The first-order valence-electron chi connectivity index (χ1n) is 8.24. The van der Waals surface area contributed by atoms with Gasteiger partial charge in [-0.2, -0.15) is 4.98 Å². The van der Waals surface area contributed by atoms with Gasteiger partial charge in [-0.05, 0) is 19.4 Å². The van der Waals surface area contributed by atoms with Crippen molar-refractivity contribution in [1.82, 2.24) is 23.1 Å². The Labute approximate surface area is 143 Å². The molecule has 0 unspecified atom stereocenters. The number of benzene rings is 1. The molecule has 3 aromatic heterocycles. The molecule has 7 heteroatoms. The van der Waals surface area contributed by atoms with Gasteiger partial charge in [0.25, 0.3) is 5.56 Å². The summed E-state index contributed by atoms with van der Waals surface area (Å²) in [5.74, 6) is 0.664. The Kier molecular flexibility index (Phi) is 3.38. The fraction of sp³-hybridized carbons (Fsp3) is 0.278. The van der Waals surface area contributed by atoms with E-state index in [0.717, 1.165) is 11.3 Å². The van der Waals surface area contributed by atoms with Gasteiger partial charge >= 0.3 is 5.69 Å². The van der Waals surface area contributed by atoms with Crippen LogP contribution in [0.5, 0.6) is 0 Å². The van der Waals surface area contributed by atoms with E-state index in [-0.39, 0.29) is 11.2 Å². The van der Waals surface area contributed by atoms with E-state index in [1.54, 1.807) is 18.4 Å². The van der Waals surface area contributed by atoms with Crippen LogP contribution >= 0.6 is 0 Å². The number of hydrogen-bond donors (Lipinski definition) is 0.